The summed E-state index contributed by atoms with van der Waals surface area (Å²) in [6, 6.07) is 5.37. The Balaban J connectivity index is 2.55. The molecule has 0 aliphatic carbocycles. The van der Waals surface area contributed by atoms with Gasteiger partial charge in [-0.05, 0) is 12.0 Å². The van der Waals surface area contributed by atoms with Crippen molar-refractivity contribution in [2.75, 3.05) is 5.32 Å². The smallest absolute Gasteiger partial charge is 0.245 e. The van der Waals surface area contributed by atoms with Crippen LogP contribution >= 0.6 is 0 Å². The highest BCUT2D eigenvalue weighted by Crippen LogP contribution is 2.32. The standard InChI is InChI=1S/C10H12N2O/c1-2-6-4-3-5-7-8(11)10(13)12-9(6)7/h3-5,8H,2,11H2,1H3,(H,12,13)/t8-/m0/s1. The molecule has 0 bridgehead atoms. The Morgan fingerprint density at radius 2 is 2.31 bits per heavy atom. The summed E-state index contributed by atoms with van der Waals surface area (Å²) < 4.78 is 0. The Hall–Kier alpha value is -1.35. The van der Waals surface area contributed by atoms with E-state index in [0.717, 1.165) is 23.2 Å². The molecule has 3 nitrogen and oxygen atoms in total. The minimum absolute atomic E-state index is 0.101. The van der Waals surface area contributed by atoms with Crippen LogP contribution in [-0.2, 0) is 11.2 Å². The molecule has 1 aliphatic rings. The summed E-state index contributed by atoms with van der Waals surface area (Å²) >= 11 is 0. The first-order chi connectivity index (χ1) is 6.24. The van der Waals surface area contributed by atoms with E-state index in [2.05, 4.69) is 12.2 Å². The normalized spacial score (nSPS) is 19.8. The first-order valence-corrected chi connectivity index (χ1v) is 4.42. The molecule has 68 valence electrons. The molecule has 0 aromatic heterocycles. The number of carbonyl (C=O) groups is 1. The fourth-order valence-corrected chi connectivity index (χ4v) is 1.67. The highest BCUT2D eigenvalue weighted by Gasteiger charge is 2.27. The highest BCUT2D eigenvalue weighted by molar-refractivity contribution is 6.03. The number of benzene rings is 1. The number of amides is 1. The minimum Gasteiger partial charge on any atom is -0.324 e. The van der Waals surface area contributed by atoms with E-state index in [9.17, 15) is 4.79 Å². The van der Waals surface area contributed by atoms with Crippen molar-refractivity contribution < 1.29 is 4.79 Å². The number of hydrogen-bond acceptors (Lipinski definition) is 2. The Kier molecular flexibility index (Phi) is 1.81. The summed E-state index contributed by atoms with van der Waals surface area (Å²) in [5.41, 5.74) is 8.69. The maximum Gasteiger partial charge on any atom is 0.245 e. The fraction of sp³-hybridized carbons (Fsp3) is 0.300. The van der Waals surface area contributed by atoms with Gasteiger partial charge >= 0.3 is 0 Å². The van der Waals surface area contributed by atoms with Gasteiger partial charge in [0.05, 0.1) is 0 Å². The summed E-state index contributed by atoms with van der Waals surface area (Å²) in [5, 5.41) is 2.80. The van der Waals surface area contributed by atoms with E-state index in [1.807, 2.05) is 18.2 Å². The van der Waals surface area contributed by atoms with Crippen LogP contribution in [0.1, 0.15) is 24.1 Å². The number of fused-ring (bicyclic) bond motifs is 1. The number of para-hydroxylation sites is 1. The zero-order valence-electron chi connectivity index (χ0n) is 7.50. The highest BCUT2D eigenvalue weighted by atomic mass is 16.2. The first kappa shape index (κ1) is 8.26. The number of rotatable bonds is 1. The third kappa shape index (κ3) is 1.12. The zero-order chi connectivity index (χ0) is 9.42. The van der Waals surface area contributed by atoms with E-state index in [0.29, 0.717) is 0 Å². The number of anilines is 1. The minimum atomic E-state index is -0.485. The van der Waals surface area contributed by atoms with Gasteiger partial charge in [0, 0.05) is 11.3 Å². The van der Waals surface area contributed by atoms with Crippen molar-refractivity contribution in [2.24, 2.45) is 5.73 Å². The molecule has 0 spiro atoms. The van der Waals surface area contributed by atoms with E-state index < -0.39 is 6.04 Å². The molecule has 3 heteroatoms. The number of nitrogens with one attached hydrogen (secondary N) is 1. The van der Waals surface area contributed by atoms with Crippen LogP contribution < -0.4 is 11.1 Å². The van der Waals surface area contributed by atoms with Gasteiger partial charge in [-0.25, -0.2) is 0 Å². The van der Waals surface area contributed by atoms with E-state index in [4.69, 9.17) is 5.73 Å². The maximum absolute atomic E-state index is 11.3. The van der Waals surface area contributed by atoms with Crippen LogP contribution in [0.5, 0.6) is 0 Å². The summed E-state index contributed by atoms with van der Waals surface area (Å²) in [5.74, 6) is -0.101. The third-order valence-corrected chi connectivity index (χ3v) is 2.43. The van der Waals surface area contributed by atoms with Crippen LogP contribution in [0, 0.1) is 0 Å². The van der Waals surface area contributed by atoms with Crippen LogP contribution in [0.25, 0.3) is 0 Å². The molecule has 0 saturated carbocycles. The van der Waals surface area contributed by atoms with E-state index in [1.165, 1.54) is 0 Å². The quantitative estimate of drug-likeness (QED) is 0.675. The number of aryl methyl sites for hydroxylation is 1. The zero-order valence-corrected chi connectivity index (χ0v) is 7.50. The van der Waals surface area contributed by atoms with Crippen molar-refractivity contribution in [1.29, 1.82) is 0 Å². The molecule has 0 saturated heterocycles. The summed E-state index contributed by atoms with van der Waals surface area (Å²) in [6.07, 6.45) is 0.913. The molecule has 1 amide bonds. The largest absolute Gasteiger partial charge is 0.324 e. The lowest BCUT2D eigenvalue weighted by Gasteiger charge is -2.04. The van der Waals surface area contributed by atoms with E-state index >= 15 is 0 Å². The Bertz CT molecular complexity index is 360. The van der Waals surface area contributed by atoms with Gasteiger partial charge in [-0.1, -0.05) is 25.1 Å². The van der Waals surface area contributed by atoms with E-state index in [-0.39, 0.29) is 5.91 Å². The molecule has 1 aromatic rings. The van der Waals surface area contributed by atoms with Crippen LogP contribution in [0.3, 0.4) is 0 Å². The molecular weight excluding hydrogens is 164 g/mol. The van der Waals surface area contributed by atoms with Gasteiger partial charge in [0.25, 0.3) is 0 Å². The van der Waals surface area contributed by atoms with Crippen LogP contribution in [0.4, 0.5) is 5.69 Å². The molecule has 0 radical (unpaired) electrons. The predicted molar refractivity (Wildman–Crippen MR) is 51.4 cm³/mol. The van der Waals surface area contributed by atoms with Crippen molar-refractivity contribution in [1.82, 2.24) is 0 Å². The fourth-order valence-electron chi connectivity index (χ4n) is 1.67. The molecular formula is C10H12N2O. The van der Waals surface area contributed by atoms with Crippen LogP contribution in [0.2, 0.25) is 0 Å². The average molecular weight is 176 g/mol. The summed E-state index contributed by atoms with van der Waals surface area (Å²) in [7, 11) is 0. The Morgan fingerprint density at radius 3 is 3.00 bits per heavy atom. The first-order valence-electron chi connectivity index (χ1n) is 4.42. The lowest BCUT2D eigenvalue weighted by atomic mass is 10.0. The van der Waals surface area contributed by atoms with Gasteiger partial charge in [-0.2, -0.15) is 0 Å². The van der Waals surface area contributed by atoms with Gasteiger partial charge in [0.2, 0.25) is 5.91 Å². The topological polar surface area (TPSA) is 55.1 Å². The van der Waals surface area contributed by atoms with Crippen molar-refractivity contribution >= 4 is 11.6 Å². The predicted octanol–water partition coefficient (Wildman–Crippen LogP) is 1.20. The summed E-state index contributed by atoms with van der Waals surface area (Å²) in [4.78, 5) is 11.3. The van der Waals surface area contributed by atoms with Crippen LogP contribution in [-0.4, -0.2) is 5.91 Å². The third-order valence-electron chi connectivity index (χ3n) is 2.43. The lowest BCUT2D eigenvalue weighted by Crippen LogP contribution is -2.19. The van der Waals surface area contributed by atoms with E-state index in [1.54, 1.807) is 0 Å². The molecule has 1 heterocycles. The maximum atomic E-state index is 11.3. The second-order valence-electron chi connectivity index (χ2n) is 3.20. The van der Waals surface area contributed by atoms with Gasteiger partial charge in [0.1, 0.15) is 6.04 Å². The molecule has 3 N–H and O–H groups in total. The lowest BCUT2D eigenvalue weighted by molar-refractivity contribution is -0.116. The molecule has 2 rings (SSSR count). The molecule has 0 fully saturated rings. The molecule has 13 heavy (non-hydrogen) atoms. The van der Waals surface area contributed by atoms with Crippen molar-refractivity contribution in [3.63, 3.8) is 0 Å². The van der Waals surface area contributed by atoms with Gasteiger partial charge < -0.3 is 11.1 Å². The molecule has 1 aromatic carbocycles. The van der Waals surface area contributed by atoms with Crippen molar-refractivity contribution in [2.45, 2.75) is 19.4 Å². The number of nitrogens with two attached hydrogens (primary N) is 1. The van der Waals surface area contributed by atoms with Gasteiger partial charge in [0.15, 0.2) is 0 Å². The monoisotopic (exact) mass is 176 g/mol. The Morgan fingerprint density at radius 1 is 1.54 bits per heavy atom. The van der Waals surface area contributed by atoms with Crippen molar-refractivity contribution in [3.05, 3.63) is 29.3 Å². The summed E-state index contributed by atoms with van der Waals surface area (Å²) in [6.45, 7) is 2.06. The molecule has 0 unspecified atom stereocenters. The van der Waals surface area contributed by atoms with Crippen molar-refractivity contribution in [3.8, 4) is 0 Å². The average Bonchev–Trinajstić information content (AvgIpc) is 2.43. The SMILES string of the molecule is CCc1cccc2c1NC(=O)[C@H]2N. The number of carbonyl (C=O) groups excluding carboxylic acids is 1. The van der Waals surface area contributed by atoms with Gasteiger partial charge in [-0.3, -0.25) is 4.79 Å². The second-order valence-corrected chi connectivity index (χ2v) is 3.20. The van der Waals surface area contributed by atoms with Crippen LogP contribution in [0.15, 0.2) is 18.2 Å². The number of hydrogen-bond donors (Lipinski definition) is 2. The Labute approximate surface area is 76.9 Å². The molecule has 1 aliphatic heterocycles. The molecule has 1 atom stereocenters. The van der Waals surface area contributed by atoms with Gasteiger partial charge in [-0.15, -0.1) is 0 Å². The second kappa shape index (κ2) is 2.85.